The van der Waals surface area contributed by atoms with Crippen molar-refractivity contribution in [2.24, 2.45) is 0 Å². The van der Waals surface area contributed by atoms with Gasteiger partial charge in [0.25, 0.3) is 5.91 Å². The molecule has 0 unspecified atom stereocenters. The van der Waals surface area contributed by atoms with Gasteiger partial charge >= 0.3 is 19.7 Å². The monoisotopic (exact) mass is 1230 g/mol. The maximum Gasteiger partial charge on any atom is 0.588 e. The maximum atomic E-state index is 16.6. The third kappa shape index (κ3) is 28.8. The zero-order chi connectivity index (χ0) is 62.1. The Hall–Kier alpha value is -4.69. The number of rotatable bonds is 50. The van der Waals surface area contributed by atoms with Crippen LogP contribution in [0.3, 0.4) is 0 Å². The number of carbonyl (C=O) groups excluding carboxylic acids is 2. The van der Waals surface area contributed by atoms with E-state index in [0.717, 1.165) is 77.0 Å². The van der Waals surface area contributed by atoms with E-state index in [1.54, 1.807) is 109 Å². The molecule has 0 spiro atoms. The van der Waals surface area contributed by atoms with E-state index in [1.807, 2.05) is 12.1 Å². The second-order valence-electron chi connectivity index (χ2n) is 23.8. The molecule has 0 bridgehead atoms. The van der Waals surface area contributed by atoms with Gasteiger partial charge < -0.3 is 38.4 Å². The highest BCUT2D eigenvalue weighted by molar-refractivity contribution is 7.49. The van der Waals surface area contributed by atoms with Gasteiger partial charge in [-0.05, 0) is 61.1 Å². The molecule has 2 N–H and O–H groups in total. The van der Waals surface area contributed by atoms with Crippen LogP contribution in [0.4, 0.5) is 8.78 Å². The summed E-state index contributed by atoms with van der Waals surface area (Å²) in [5, 5.41) is 13.9. The first-order valence-corrected chi connectivity index (χ1v) is 35.2. The molecular formula is C72H108F2NO11P. The number of hydrogen-bond acceptors (Lipinski definition) is 11. The van der Waals surface area contributed by atoms with Crippen LogP contribution in [0.1, 0.15) is 243 Å². The van der Waals surface area contributed by atoms with Crippen molar-refractivity contribution in [3.8, 4) is 11.5 Å². The Morgan fingerprint density at radius 2 is 0.954 bits per heavy atom. The zero-order valence-corrected chi connectivity index (χ0v) is 54.0. The third-order valence-electron chi connectivity index (χ3n) is 16.4. The van der Waals surface area contributed by atoms with Gasteiger partial charge in [-0.2, -0.15) is 8.78 Å². The first kappa shape index (κ1) is 73.0. The Kier molecular flexibility index (Phi) is 36.9. The van der Waals surface area contributed by atoms with E-state index in [4.69, 9.17) is 32.5 Å². The fourth-order valence-corrected chi connectivity index (χ4v) is 12.8. The van der Waals surface area contributed by atoms with Gasteiger partial charge in [0.05, 0.1) is 18.8 Å². The quantitative estimate of drug-likeness (QED) is 0.0247. The van der Waals surface area contributed by atoms with E-state index in [9.17, 15) is 9.90 Å². The van der Waals surface area contributed by atoms with Crippen molar-refractivity contribution in [3.63, 3.8) is 0 Å². The van der Waals surface area contributed by atoms with Gasteiger partial charge in [-0.15, -0.1) is 0 Å². The fourth-order valence-electron chi connectivity index (χ4n) is 11.3. The van der Waals surface area contributed by atoms with Crippen LogP contribution in [0.15, 0.2) is 121 Å². The second kappa shape index (κ2) is 43.9. The van der Waals surface area contributed by atoms with Crippen LogP contribution in [0.25, 0.3) is 0 Å². The van der Waals surface area contributed by atoms with Crippen molar-refractivity contribution in [1.29, 1.82) is 0 Å². The SMILES string of the molecule is CCCCCCCCCCCCO[C@H](CCCCCCCCCCC)CCO[C@@H]1[C@@H](NC(=O)C(F)(F)CCCCCCCCCCCC)[C@@H](C(=O)OC(c2ccccc2)c2ccccc2)O[C@H](CO)[C@H]1OP(=O)(Oc1ccccc1)Oc1ccccc1. The molecule has 486 valence electrons. The number of aliphatic hydroxyl groups is 1. The summed E-state index contributed by atoms with van der Waals surface area (Å²) < 4.78 is 93.6. The summed E-state index contributed by atoms with van der Waals surface area (Å²) in [6.07, 6.45) is 23.9. The molecule has 1 amide bonds. The predicted molar refractivity (Wildman–Crippen MR) is 344 cm³/mol. The topological polar surface area (TPSA) is 148 Å². The number of esters is 1. The summed E-state index contributed by atoms with van der Waals surface area (Å²) in [6.45, 7) is 6.28. The van der Waals surface area contributed by atoms with E-state index < -0.39 is 75.2 Å². The number of nitrogens with one attached hydrogen (secondary N) is 1. The van der Waals surface area contributed by atoms with Crippen LogP contribution < -0.4 is 14.4 Å². The number of aliphatic hydroxyl groups excluding tert-OH is 1. The van der Waals surface area contributed by atoms with E-state index in [-0.39, 0.29) is 30.6 Å². The lowest BCUT2D eigenvalue weighted by Gasteiger charge is -2.45. The lowest BCUT2D eigenvalue weighted by atomic mass is 9.91. The van der Waals surface area contributed by atoms with Gasteiger partial charge in [0.2, 0.25) is 0 Å². The van der Waals surface area contributed by atoms with Crippen molar-refractivity contribution >= 4 is 19.7 Å². The average molecular weight is 1230 g/mol. The van der Waals surface area contributed by atoms with Gasteiger partial charge in [0, 0.05) is 19.6 Å². The minimum atomic E-state index is -4.89. The molecule has 0 saturated carbocycles. The van der Waals surface area contributed by atoms with Crippen molar-refractivity contribution in [2.75, 3.05) is 19.8 Å². The summed E-state index contributed by atoms with van der Waals surface area (Å²) in [5.74, 6) is -6.37. The molecule has 1 heterocycles. The zero-order valence-electron chi connectivity index (χ0n) is 53.1. The molecule has 1 aliphatic heterocycles. The molecule has 0 aliphatic carbocycles. The third-order valence-corrected chi connectivity index (χ3v) is 17.8. The number of phosphoric acid groups is 1. The Bertz CT molecular complexity index is 2320. The Morgan fingerprint density at radius 3 is 1.40 bits per heavy atom. The van der Waals surface area contributed by atoms with Crippen LogP contribution >= 0.6 is 7.82 Å². The van der Waals surface area contributed by atoms with Crippen molar-refractivity contribution in [2.45, 2.75) is 275 Å². The number of para-hydroxylation sites is 2. The van der Waals surface area contributed by atoms with Crippen molar-refractivity contribution < 1.29 is 60.6 Å². The van der Waals surface area contributed by atoms with Crippen LogP contribution in [0, 0.1) is 0 Å². The van der Waals surface area contributed by atoms with E-state index in [1.165, 1.54) is 103 Å². The molecule has 6 atom stereocenters. The predicted octanol–water partition coefficient (Wildman–Crippen LogP) is 19.2. The molecule has 15 heteroatoms. The molecule has 5 rings (SSSR count). The number of halogens is 2. The average Bonchev–Trinajstić information content (AvgIpc) is 1.34. The number of alkyl halides is 2. The summed E-state index contributed by atoms with van der Waals surface area (Å²) in [7, 11) is -4.89. The van der Waals surface area contributed by atoms with Crippen molar-refractivity contribution in [3.05, 3.63) is 132 Å². The molecule has 1 fully saturated rings. The number of ether oxygens (including phenoxy) is 4. The summed E-state index contributed by atoms with van der Waals surface area (Å²) in [6, 6.07) is 32.8. The fraction of sp³-hybridized carbons (Fsp3) is 0.639. The highest BCUT2D eigenvalue weighted by Crippen LogP contribution is 2.52. The Labute approximate surface area is 521 Å². The highest BCUT2D eigenvalue weighted by atomic mass is 31.2. The maximum absolute atomic E-state index is 16.6. The van der Waals surface area contributed by atoms with Gasteiger partial charge in [0.1, 0.15) is 29.8 Å². The molecule has 4 aromatic carbocycles. The first-order chi connectivity index (χ1) is 42.5. The summed E-state index contributed by atoms with van der Waals surface area (Å²) >= 11 is 0. The lowest BCUT2D eigenvalue weighted by Crippen LogP contribution is -2.68. The molecule has 87 heavy (non-hydrogen) atoms. The number of amides is 1. The summed E-state index contributed by atoms with van der Waals surface area (Å²) in [4.78, 5) is 29.6. The number of benzene rings is 4. The minimum absolute atomic E-state index is 0.0774. The van der Waals surface area contributed by atoms with E-state index >= 15 is 18.1 Å². The number of unbranched alkanes of at least 4 members (excludes halogenated alkanes) is 26. The smallest absolute Gasteiger partial charge is 0.451 e. The largest absolute Gasteiger partial charge is 0.588 e. The second-order valence-corrected chi connectivity index (χ2v) is 25.3. The number of phosphoric ester groups is 1. The molecule has 0 aromatic heterocycles. The van der Waals surface area contributed by atoms with Crippen molar-refractivity contribution in [1.82, 2.24) is 5.32 Å². The molecule has 4 aromatic rings. The van der Waals surface area contributed by atoms with E-state index in [2.05, 4.69) is 26.1 Å². The normalized spacial score (nSPS) is 17.5. The summed E-state index contributed by atoms with van der Waals surface area (Å²) in [5.41, 5.74) is 1.22. The number of carbonyl (C=O) groups is 2. The molecular weight excluding hydrogens is 1120 g/mol. The van der Waals surface area contributed by atoms with Crippen LogP contribution in [-0.4, -0.2) is 79.3 Å². The van der Waals surface area contributed by atoms with E-state index in [0.29, 0.717) is 30.6 Å². The molecule has 1 aliphatic rings. The standard InChI is InChI=1S/C72H108F2NO11P/c1-4-7-10-13-16-19-22-25-28-43-55-72(73,74)71(78)75-65-68(81-57-54-61(49-38-27-24-21-18-15-12-9-6-3)80-56-44-29-26-23-20-17-14-11-8-5-2)67(86-87(79,84-62-50-39-32-40-51-62)85-63-52-41-33-42-53-63)64(58-76)82-69(65)70(77)83-66(59-45-34-30-35-46-59)60-47-36-31-37-48-60/h30-37,39-42,45-48,50-53,61,64-69,76H,4-29,38,43-44,49,54-58H2,1-3H3,(H,75,78)/t61-,64-,65-,67-,68-,69+/m1/s1. The lowest BCUT2D eigenvalue weighted by molar-refractivity contribution is -0.219. The van der Waals surface area contributed by atoms with Gasteiger partial charge in [-0.1, -0.05) is 291 Å². The first-order valence-electron chi connectivity index (χ1n) is 33.8. The van der Waals surface area contributed by atoms with Crippen LogP contribution in [0.5, 0.6) is 11.5 Å². The molecule has 1 saturated heterocycles. The van der Waals surface area contributed by atoms with Gasteiger partial charge in [0.15, 0.2) is 12.2 Å². The Morgan fingerprint density at radius 1 is 0.540 bits per heavy atom. The van der Waals surface area contributed by atoms with Crippen LogP contribution in [0.2, 0.25) is 0 Å². The molecule has 12 nitrogen and oxygen atoms in total. The highest BCUT2D eigenvalue weighted by Gasteiger charge is 2.56. The van der Waals surface area contributed by atoms with Gasteiger partial charge in [-0.25, -0.2) is 9.36 Å². The Balaban J connectivity index is 1.48. The number of hydrogen-bond donors (Lipinski definition) is 2. The minimum Gasteiger partial charge on any atom is -0.451 e. The van der Waals surface area contributed by atoms with Gasteiger partial charge in [-0.3, -0.25) is 9.32 Å². The van der Waals surface area contributed by atoms with Crippen LogP contribution in [-0.2, 0) is 37.6 Å². The molecule has 0 radical (unpaired) electrons.